The number of benzene rings is 3. The zero-order chi connectivity index (χ0) is 21.5. The number of nitrogens with one attached hydrogen (secondary N) is 1. The van der Waals surface area contributed by atoms with E-state index in [0.29, 0.717) is 23.4 Å². The van der Waals surface area contributed by atoms with Gasteiger partial charge in [-0.1, -0.05) is 29.8 Å². The molecule has 1 N–H and O–H groups in total. The van der Waals surface area contributed by atoms with Crippen molar-refractivity contribution in [1.82, 2.24) is 0 Å². The van der Waals surface area contributed by atoms with Crippen LogP contribution in [0.4, 0.5) is 23.2 Å². The van der Waals surface area contributed by atoms with Gasteiger partial charge in [-0.15, -0.1) is 0 Å². The fraction of sp³-hybridized carbons (Fsp3) is 0.0952. The first-order chi connectivity index (χ1) is 14.2. The highest BCUT2D eigenvalue weighted by molar-refractivity contribution is 6.81. The van der Waals surface area contributed by atoms with Gasteiger partial charge >= 0.3 is 13.1 Å². The van der Waals surface area contributed by atoms with Crippen LogP contribution < -0.4 is 16.2 Å². The van der Waals surface area contributed by atoms with Crippen LogP contribution in [0.1, 0.15) is 21.5 Å². The molecule has 9 heteroatoms. The summed E-state index contributed by atoms with van der Waals surface area (Å²) >= 11 is 5.92. The summed E-state index contributed by atoms with van der Waals surface area (Å²) in [7, 11) is 0. The third kappa shape index (κ3) is 4.06. The van der Waals surface area contributed by atoms with Crippen LogP contribution in [0.5, 0.6) is 0 Å². The highest BCUT2D eigenvalue weighted by atomic mass is 35.5. The van der Waals surface area contributed by atoms with Crippen molar-refractivity contribution in [2.45, 2.75) is 12.8 Å². The highest BCUT2D eigenvalue weighted by Gasteiger charge is 2.36. The molecule has 3 nitrogen and oxygen atoms in total. The molecular formula is C21H13BClF4NO2. The van der Waals surface area contributed by atoms with E-state index < -0.39 is 29.0 Å². The molecule has 4 rings (SSSR count). The number of hydrogen-bond acceptors (Lipinski definition) is 2. The van der Waals surface area contributed by atoms with Crippen LogP contribution in [-0.4, -0.2) is 12.8 Å². The molecule has 3 aromatic rings. The summed E-state index contributed by atoms with van der Waals surface area (Å²) in [6.45, 7) is -0.0155. The summed E-state index contributed by atoms with van der Waals surface area (Å²) in [5, 5.41) is 3.04. The molecule has 1 amide bonds. The van der Waals surface area contributed by atoms with E-state index in [2.05, 4.69) is 5.32 Å². The summed E-state index contributed by atoms with van der Waals surface area (Å²) in [5.74, 6) is -2.05. The Labute approximate surface area is 174 Å². The van der Waals surface area contributed by atoms with Gasteiger partial charge in [0.25, 0.3) is 5.91 Å². The highest BCUT2D eigenvalue weighted by Crippen LogP contribution is 2.33. The number of rotatable bonds is 3. The molecule has 1 aliphatic heterocycles. The zero-order valence-electron chi connectivity index (χ0n) is 15.3. The number of halogens is 5. The van der Waals surface area contributed by atoms with Crippen LogP contribution in [0.3, 0.4) is 0 Å². The number of carbonyl (C=O) groups excluding carboxylic acids is 1. The predicted molar refractivity (Wildman–Crippen MR) is 107 cm³/mol. The number of amides is 1. The van der Waals surface area contributed by atoms with Crippen molar-refractivity contribution in [1.29, 1.82) is 0 Å². The zero-order valence-corrected chi connectivity index (χ0v) is 16.0. The van der Waals surface area contributed by atoms with Crippen molar-refractivity contribution in [2.24, 2.45) is 0 Å². The summed E-state index contributed by atoms with van der Waals surface area (Å²) in [6.07, 6.45) is -4.86. The predicted octanol–water partition coefficient (Wildman–Crippen LogP) is 4.39. The Bertz CT molecular complexity index is 1120. The molecule has 152 valence electrons. The summed E-state index contributed by atoms with van der Waals surface area (Å²) in [4.78, 5) is 12.5. The monoisotopic (exact) mass is 433 g/mol. The topological polar surface area (TPSA) is 38.3 Å². The van der Waals surface area contributed by atoms with E-state index in [1.165, 1.54) is 0 Å². The van der Waals surface area contributed by atoms with E-state index >= 15 is 0 Å². The minimum absolute atomic E-state index is 0.306. The fourth-order valence-corrected chi connectivity index (χ4v) is 3.50. The van der Waals surface area contributed by atoms with Crippen molar-refractivity contribution < 1.29 is 27.0 Å². The Kier molecular flexibility index (Phi) is 5.30. The molecule has 0 fully saturated rings. The average Bonchev–Trinajstić information content (AvgIpc) is 3.11. The summed E-state index contributed by atoms with van der Waals surface area (Å²) in [6, 6.07) is 14.0. The van der Waals surface area contributed by atoms with Gasteiger partial charge in [-0.25, -0.2) is 4.39 Å². The van der Waals surface area contributed by atoms with Crippen LogP contribution in [-0.2, 0) is 17.4 Å². The van der Waals surface area contributed by atoms with Crippen molar-refractivity contribution in [2.75, 3.05) is 5.32 Å². The molecule has 0 spiro atoms. The average molecular weight is 434 g/mol. The molecule has 0 saturated heterocycles. The molecule has 0 unspecified atom stereocenters. The van der Waals surface area contributed by atoms with Gasteiger partial charge in [0, 0.05) is 10.7 Å². The van der Waals surface area contributed by atoms with E-state index in [9.17, 15) is 22.4 Å². The van der Waals surface area contributed by atoms with Gasteiger partial charge in [0.05, 0.1) is 17.7 Å². The largest absolute Gasteiger partial charge is 0.423 e. The Morgan fingerprint density at radius 3 is 2.47 bits per heavy atom. The number of alkyl halides is 3. The lowest BCUT2D eigenvalue weighted by Gasteiger charge is -2.14. The molecule has 1 aliphatic rings. The van der Waals surface area contributed by atoms with Gasteiger partial charge in [0.15, 0.2) is 0 Å². The second-order valence-electron chi connectivity index (χ2n) is 6.80. The lowest BCUT2D eigenvalue weighted by atomic mass is 9.56. The fourth-order valence-electron chi connectivity index (χ4n) is 3.37. The second-order valence-corrected chi connectivity index (χ2v) is 7.23. The van der Waals surface area contributed by atoms with E-state index in [4.69, 9.17) is 16.3 Å². The standard InChI is InChI=1S/C21H13BClF4NO2/c23-14-4-2-13(3-5-14)22-19-10-16(7-1-12(19)11-30-22)28-20(29)17-8-6-15(24)9-18(17)21(25,26)27/h1-10H,11H2,(H,28,29). The van der Waals surface area contributed by atoms with Crippen molar-refractivity contribution in [3.63, 3.8) is 0 Å². The van der Waals surface area contributed by atoms with Crippen LogP contribution in [0.15, 0.2) is 60.7 Å². The third-order valence-corrected chi connectivity index (χ3v) is 5.05. The van der Waals surface area contributed by atoms with E-state index in [0.717, 1.165) is 28.6 Å². The van der Waals surface area contributed by atoms with Gasteiger partial charge in [-0.3, -0.25) is 4.79 Å². The third-order valence-electron chi connectivity index (χ3n) is 4.80. The van der Waals surface area contributed by atoms with Crippen molar-refractivity contribution in [3.05, 3.63) is 88.2 Å². The maximum Gasteiger partial charge on any atom is 0.417 e. The maximum absolute atomic E-state index is 13.3. The normalized spacial score (nSPS) is 13.3. The molecule has 0 aliphatic carbocycles. The molecule has 30 heavy (non-hydrogen) atoms. The lowest BCUT2D eigenvalue weighted by molar-refractivity contribution is -0.138. The molecule has 3 aromatic carbocycles. The number of hydrogen-bond donors (Lipinski definition) is 1. The first-order valence-electron chi connectivity index (χ1n) is 8.90. The quantitative estimate of drug-likeness (QED) is 0.492. The Balaban J connectivity index is 1.62. The van der Waals surface area contributed by atoms with Crippen LogP contribution >= 0.6 is 11.6 Å². The Morgan fingerprint density at radius 2 is 1.77 bits per heavy atom. The van der Waals surface area contributed by atoms with Crippen molar-refractivity contribution in [3.8, 4) is 0 Å². The van der Waals surface area contributed by atoms with Gasteiger partial charge < -0.3 is 9.97 Å². The van der Waals surface area contributed by atoms with Crippen LogP contribution in [0.25, 0.3) is 0 Å². The van der Waals surface area contributed by atoms with Crippen LogP contribution in [0, 0.1) is 5.82 Å². The number of carbonyl (C=O) groups is 1. The molecule has 0 atom stereocenters. The lowest BCUT2D eigenvalue weighted by Crippen LogP contribution is -2.41. The van der Waals surface area contributed by atoms with Crippen molar-refractivity contribution >= 4 is 41.0 Å². The minimum atomic E-state index is -4.86. The van der Waals surface area contributed by atoms with Gasteiger partial charge in [-0.05, 0) is 59.0 Å². The van der Waals surface area contributed by atoms with Gasteiger partial charge in [-0.2, -0.15) is 13.2 Å². The second kappa shape index (κ2) is 7.77. The molecule has 0 saturated carbocycles. The van der Waals surface area contributed by atoms with Crippen LogP contribution in [0.2, 0.25) is 5.02 Å². The van der Waals surface area contributed by atoms with Gasteiger partial charge in [0.2, 0.25) is 0 Å². The maximum atomic E-state index is 13.3. The summed E-state index contributed by atoms with van der Waals surface area (Å²) < 4.78 is 58.7. The van der Waals surface area contributed by atoms with E-state index in [1.807, 2.05) is 12.1 Å². The van der Waals surface area contributed by atoms with Gasteiger partial charge in [0.1, 0.15) is 5.82 Å². The first-order valence-corrected chi connectivity index (χ1v) is 9.28. The molecule has 0 bridgehead atoms. The SMILES string of the molecule is O=C(Nc1ccc2c(c1)B(c1ccc(Cl)cc1)OC2)c1ccc(F)cc1C(F)(F)F. The molecule has 0 radical (unpaired) electrons. The minimum Gasteiger partial charge on any atom is -0.423 e. The number of anilines is 1. The van der Waals surface area contributed by atoms with E-state index in [-0.39, 0.29) is 6.92 Å². The molecule has 0 aromatic heterocycles. The first kappa shape index (κ1) is 20.4. The number of fused-ring (bicyclic) bond motifs is 1. The Morgan fingerprint density at radius 1 is 1.03 bits per heavy atom. The molecule has 1 heterocycles. The molecular weight excluding hydrogens is 420 g/mol. The Hall–Kier alpha value is -2.84. The van der Waals surface area contributed by atoms with E-state index in [1.54, 1.807) is 30.3 Å². The summed E-state index contributed by atoms with van der Waals surface area (Å²) in [5.41, 5.74) is 0.884. The smallest absolute Gasteiger partial charge is 0.417 e.